The van der Waals surface area contributed by atoms with E-state index in [1.165, 1.54) is 0 Å². The Morgan fingerprint density at radius 3 is 2.67 bits per heavy atom. The van der Waals surface area contributed by atoms with E-state index < -0.39 is 5.91 Å². The smallest absolute Gasteiger partial charge is 0.264 e. The molecule has 8 heteroatoms. The van der Waals surface area contributed by atoms with Crippen molar-refractivity contribution in [3.05, 3.63) is 58.6 Å². The Morgan fingerprint density at radius 2 is 1.85 bits per heavy atom. The second kappa shape index (κ2) is 8.59. The van der Waals surface area contributed by atoms with Crippen LogP contribution in [0.25, 0.3) is 10.9 Å². The van der Waals surface area contributed by atoms with Gasteiger partial charge in [-0.25, -0.2) is 0 Å². The van der Waals surface area contributed by atoms with Crippen molar-refractivity contribution >= 4 is 44.3 Å². The van der Waals surface area contributed by atoms with Crippen LogP contribution in [0.3, 0.4) is 0 Å². The second-order valence-corrected chi connectivity index (χ2v) is 6.66. The lowest BCUT2D eigenvalue weighted by molar-refractivity contribution is -0.118. The maximum absolute atomic E-state index is 12.1. The Hall–Kier alpha value is -3.00. The lowest BCUT2D eigenvalue weighted by atomic mass is 10.2. The van der Waals surface area contributed by atoms with Gasteiger partial charge in [-0.1, -0.05) is 30.3 Å². The molecule has 2 amide bonds. The summed E-state index contributed by atoms with van der Waals surface area (Å²) >= 11 is 3.33. The maximum atomic E-state index is 12.1. The molecule has 1 heterocycles. The summed E-state index contributed by atoms with van der Waals surface area (Å²) in [6.45, 7) is 0.347. The first-order valence-corrected chi connectivity index (χ1v) is 9.12. The largest absolute Gasteiger partial charge is 0.493 e. The molecule has 0 atom stereocenters. The van der Waals surface area contributed by atoms with Crippen LogP contribution < -0.4 is 5.32 Å². The van der Waals surface area contributed by atoms with Gasteiger partial charge in [-0.15, -0.1) is 10.2 Å². The molecule has 27 heavy (non-hydrogen) atoms. The molecule has 138 valence electrons. The predicted octanol–water partition coefficient (Wildman–Crippen LogP) is 4.46. The molecule has 0 aliphatic rings. The van der Waals surface area contributed by atoms with Crippen molar-refractivity contribution in [1.82, 2.24) is 10.3 Å². The van der Waals surface area contributed by atoms with E-state index in [9.17, 15) is 14.7 Å². The average Bonchev–Trinajstić information content (AvgIpc) is 2.99. The fraction of sp³-hybridized carbons (Fsp3) is 0.158. The molecule has 2 aromatic carbocycles. The van der Waals surface area contributed by atoms with Crippen molar-refractivity contribution in [2.24, 2.45) is 10.2 Å². The number of aromatic nitrogens is 1. The predicted molar refractivity (Wildman–Crippen MR) is 105 cm³/mol. The minimum absolute atomic E-state index is 0.131. The molecule has 0 unspecified atom stereocenters. The summed E-state index contributed by atoms with van der Waals surface area (Å²) in [5.41, 5.74) is 1.49. The molecular formula is C19H17BrN4O3. The van der Waals surface area contributed by atoms with Gasteiger partial charge in [-0.05, 0) is 40.5 Å². The first-order valence-electron chi connectivity index (χ1n) is 8.33. The fourth-order valence-electron chi connectivity index (χ4n) is 2.55. The summed E-state index contributed by atoms with van der Waals surface area (Å²) in [6, 6.07) is 14.3. The summed E-state index contributed by atoms with van der Waals surface area (Å²) in [5, 5.41) is 20.8. The molecule has 0 fully saturated rings. The number of carbonyl (C=O) groups excluding carboxylic acids is 2. The molecule has 0 spiro atoms. The summed E-state index contributed by atoms with van der Waals surface area (Å²) < 4.78 is 0.714. The SMILES string of the molecule is O=C(CCCNC(=O)c1ccccc1Br)N=Nc1c(O)[nH]c2ccccc12. The summed E-state index contributed by atoms with van der Waals surface area (Å²) in [4.78, 5) is 26.7. The number of hydrogen-bond acceptors (Lipinski definition) is 4. The summed E-state index contributed by atoms with van der Waals surface area (Å²) in [5.74, 6) is -0.761. The van der Waals surface area contributed by atoms with Crippen molar-refractivity contribution in [2.75, 3.05) is 6.54 Å². The van der Waals surface area contributed by atoms with Crippen molar-refractivity contribution in [1.29, 1.82) is 0 Å². The number of carbonyl (C=O) groups is 2. The third-order valence-corrected chi connectivity index (χ3v) is 4.58. The molecule has 0 radical (unpaired) electrons. The molecule has 0 aliphatic carbocycles. The van der Waals surface area contributed by atoms with Crippen molar-refractivity contribution < 1.29 is 14.7 Å². The van der Waals surface area contributed by atoms with E-state index in [2.05, 4.69) is 36.5 Å². The molecule has 3 rings (SSSR count). The topological polar surface area (TPSA) is 107 Å². The number of benzene rings is 2. The molecule has 0 aliphatic heterocycles. The van der Waals surface area contributed by atoms with Crippen LogP contribution in [0.2, 0.25) is 0 Å². The van der Waals surface area contributed by atoms with Crippen LogP contribution in [0.4, 0.5) is 5.69 Å². The Morgan fingerprint density at radius 1 is 1.11 bits per heavy atom. The average molecular weight is 429 g/mol. The molecule has 1 aromatic heterocycles. The standard InChI is InChI=1S/C19H17BrN4O3/c20-14-8-3-1-6-12(14)18(26)21-11-5-10-16(25)23-24-17-13-7-2-4-9-15(13)22-19(17)27/h1-4,6-9,22,27H,5,10-11H2,(H,21,26). The van der Waals surface area contributed by atoms with E-state index in [4.69, 9.17) is 0 Å². The van der Waals surface area contributed by atoms with E-state index in [1.54, 1.807) is 30.3 Å². The van der Waals surface area contributed by atoms with Crippen LogP contribution in [-0.2, 0) is 4.79 Å². The van der Waals surface area contributed by atoms with E-state index in [0.29, 0.717) is 33.9 Å². The van der Waals surface area contributed by atoms with Crippen LogP contribution in [0.1, 0.15) is 23.2 Å². The molecule has 0 bridgehead atoms. The highest BCUT2D eigenvalue weighted by atomic mass is 79.9. The number of azo groups is 1. The molecule has 7 nitrogen and oxygen atoms in total. The lowest BCUT2D eigenvalue weighted by Gasteiger charge is -2.05. The van der Waals surface area contributed by atoms with Gasteiger partial charge >= 0.3 is 0 Å². The second-order valence-electron chi connectivity index (χ2n) is 5.80. The fourth-order valence-corrected chi connectivity index (χ4v) is 3.02. The number of para-hydroxylation sites is 1. The lowest BCUT2D eigenvalue weighted by Crippen LogP contribution is -2.25. The number of nitrogens with zero attached hydrogens (tertiary/aromatic N) is 2. The zero-order valence-electron chi connectivity index (χ0n) is 14.3. The Kier molecular flexibility index (Phi) is 5.97. The van der Waals surface area contributed by atoms with E-state index >= 15 is 0 Å². The van der Waals surface area contributed by atoms with Gasteiger partial charge in [0.1, 0.15) is 0 Å². The van der Waals surface area contributed by atoms with Crippen LogP contribution in [-0.4, -0.2) is 28.4 Å². The number of nitrogens with one attached hydrogen (secondary N) is 2. The summed E-state index contributed by atoms with van der Waals surface area (Å²) in [6.07, 6.45) is 0.580. The number of fused-ring (bicyclic) bond motifs is 1. The van der Waals surface area contributed by atoms with Crippen molar-refractivity contribution in [2.45, 2.75) is 12.8 Å². The third kappa shape index (κ3) is 4.59. The van der Waals surface area contributed by atoms with Crippen LogP contribution >= 0.6 is 15.9 Å². The van der Waals surface area contributed by atoms with E-state index in [0.717, 1.165) is 0 Å². The first kappa shape index (κ1) is 18.8. The molecule has 0 saturated carbocycles. The van der Waals surface area contributed by atoms with Gasteiger partial charge in [-0.2, -0.15) is 0 Å². The monoisotopic (exact) mass is 428 g/mol. The van der Waals surface area contributed by atoms with E-state index in [1.807, 2.05) is 18.2 Å². The highest BCUT2D eigenvalue weighted by Gasteiger charge is 2.11. The number of hydrogen-bond donors (Lipinski definition) is 3. The normalized spacial score (nSPS) is 11.1. The van der Waals surface area contributed by atoms with E-state index in [-0.39, 0.29) is 23.9 Å². The summed E-state index contributed by atoms with van der Waals surface area (Å²) in [7, 11) is 0. The first-order chi connectivity index (χ1) is 13.1. The van der Waals surface area contributed by atoms with Gasteiger partial charge in [0.2, 0.25) is 5.88 Å². The number of halogens is 1. The quantitative estimate of drug-likeness (QED) is 0.398. The molecule has 3 aromatic rings. The maximum Gasteiger partial charge on any atom is 0.264 e. The molecule has 3 N–H and O–H groups in total. The van der Waals surface area contributed by atoms with Gasteiger partial charge < -0.3 is 15.4 Å². The highest BCUT2D eigenvalue weighted by molar-refractivity contribution is 9.10. The zero-order valence-corrected chi connectivity index (χ0v) is 15.9. The van der Waals surface area contributed by atoms with Gasteiger partial charge in [0, 0.05) is 22.8 Å². The van der Waals surface area contributed by atoms with Crippen molar-refractivity contribution in [3.8, 4) is 5.88 Å². The van der Waals surface area contributed by atoms with Gasteiger partial charge in [0.05, 0.1) is 11.1 Å². The van der Waals surface area contributed by atoms with Crippen LogP contribution in [0.15, 0.2) is 63.2 Å². The number of amides is 2. The molecular weight excluding hydrogens is 412 g/mol. The minimum atomic E-state index is -0.421. The third-order valence-electron chi connectivity index (χ3n) is 3.89. The molecule has 0 saturated heterocycles. The van der Waals surface area contributed by atoms with Crippen LogP contribution in [0.5, 0.6) is 5.88 Å². The minimum Gasteiger partial charge on any atom is -0.493 e. The highest BCUT2D eigenvalue weighted by Crippen LogP contribution is 2.35. The Bertz CT molecular complexity index is 1010. The number of H-pyrrole nitrogens is 1. The van der Waals surface area contributed by atoms with Gasteiger partial charge in [0.15, 0.2) is 5.69 Å². The zero-order chi connectivity index (χ0) is 19.2. The Labute approximate surface area is 163 Å². The number of aromatic amines is 1. The van der Waals surface area contributed by atoms with Crippen LogP contribution in [0, 0.1) is 0 Å². The van der Waals surface area contributed by atoms with Crippen molar-refractivity contribution in [3.63, 3.8) is 0 Å². The van der Waals surface area contributed by atoms with Gasteiger partial charge in [0.25, 0.3) is 11.8 Å². The Balaban J connectivity index is 1.50. The number of aromatic hydroxyl groups is 1. The number of rotatable bonds is 6. The van der Waals surface area contributed by atoms with Gasteiger partial charge in [-0.3, -0.25) is 9.59 Å².